The third-order valence-corrected chi connectivity index (χ3v) is 5.07. The molecule has 2 rings (SSSR count). The molecule has 5 heteroatoms. The summed E-state index contributed by atoms with van der Waals surface area (Å²) >= 11 is 1.64. The second-order valence-electron chi connectivity index (χ2n) is 4.48. The zero-order valence-corrected chi connectivity index (χ0v) is 13.1. The molecule has 20 heavy (non-hydrogen) atoms. The normalized spacial score (nSPS) is 11.5. The molecule has 0 aliphatic carbocycles. The molecule has 0 spiro atoms. The zero-order valence-electron chi connectivity index (χ0n) is 11.5. The van der Waals surface area contributed by atoms with E-state index in [1.165, 1.54) is 16.7 Å². The Kier molecular flexibility index (Phi) is 4.86. The highest BCUT2D eigenvalue weighted by Gasteiger charge is 2.07. The lowest BCUT2D eigenvalue weighted by molar-refractivity contribution is 0.602. The smallest absolute Gasteiger partial charge is 0.175 e. The summed E-state index contributed by atoms with van der Waals surface area (Å²) in [5.41, 5.74) is 1.23. The van der Waals surface area contributed by atoms with Crippen molar-refractivity contribution in [3.05, 3.63) is 54.1 Å². The third kappa shape index (κ3) is 3.85. The maximum absolute atomic E-state index is 11.4. The Hall–Kier alpha value is -1.30. The lowest BCUT2D eigenvalue weighted by Crippen LogP contribution is -2.05. The van der Waals surface area contributed by atoms with Crippen molar-refractivity contribution in [3.63, 3.8) is 0 Å². The van der Waals surface area contributed by atoms with E-state index in [1.807, 2.05) is 31.3 Å². The van der Waals surface area contributed by atoms with Crippen LogP contribution < -0.4 is 5.32 Å². The summed E-state index contributed by atoms with van der Waals surface area (Å²) in [4.78, 5) is 2.56. The van der Waals surface area contributed by atoms with Crippen LogP contribution in [0.4, 0.5) is 0 Å². The second kappa shape index (κ2) is 6.43. The van der Waals surface area contributed by atoms with Gasteiger partial charge in [-0.25, -0.2) is 8.42 Å². The van der Waals surface area contributed by atoms with Crippen LogP contribution in [0.5, 0.6) is 0 Å². The lowest BCUT2D eigenvalue weighted by atomic mass is 10.2. The Morgan fingerprint density at radius 1 is 1.05 bits per heavy atom. The Labute approximate surface area is 124 Å². The van der Waals surface area contributed by atoms with Gasteiger partial charge in [0.25, 0.3) is 0 Å². The average molecular weight is 307 g/mol. The van der Waals surface area contributed by atoms with Gasteiger partial charge in [-0.15, -0.1) is 0 Å². The highest BCUT2D eigenvalue weighted by molar-refractivity contribution is 7.99. The summed E-state index contributed by atoms with van der Waals surface area (Å²) in [6.45, 7) is 0.810. The van der Waals surface area contributed by atoms with Gasteiger partial charge in [0.15, 0.2) is 9.84 Å². The Morgan fingerprint density at radius 2 is 1.70 bits per heavy atom. The topological polar surface area (TPSA) is 46.2 Å². The van der Waals surface area contributed by atoms with Gasteiger partial charge in [-0.2, -0.15) is 0 Å². The van der Waals surface area contributed by atoms with Crippen LogP contribution in [-0.2, 0) is 16.4 Å². The lowest BCUT2D eigenvalue weighted by Gasteiger charge is -2.09. The molecule has 0 unspecified atom stereocenters. The summed E-state index contributed by atoms with van der Waals surface area (Å²) in [6.07, 6.45) is 1.22. The van der Waals surface area contributed by atoms with E-state index in [-0.39, 0.29) is 0 Å². The predicted molar refractivity (Wildman–Crippen MR) is 82.9 cm³/mol. The van der Waals surface area contributed by atoms with Gasteiger partial charge in [-0.3, -0.25) is 0 Å². The second-order valence-corrected chi connectivity index (χ2v) is 7.61. The fourth-order valence-electron chi connectivity index (χ4n) is 1.82. The van der Waals surface area contributed by atoms with Crippen LogP contribution in [0.1, 0.15) is 5.56 Å². The highest BCUT2D eigenvalue weighted by atomic mass is 32.2. The van der Waals surface area contributed by atoms with Crippen molar-refractivity contribution in [1.29, 1.82) is 0 Å². The maximum atomic E-state index is 11.4. The van der Waals surface area contributed by atoms with Crippen LogP contribution in [0.25, 0.3) is 0 Å². The Bertz CT molecular complexity index is 679. The molecule has 0 heterocycles. The molecule has 0 fully saturated rings. The summed E-state index contributed by atoms with van der Waals surface area (Å²) in [6, 6.07) is 15.2. The van der Waals surface area contributed by atoms with E-state index in [9.17, 15) is 8.42 Å². The van der Waals surface area contributed by atoms with Gasteiger partial charge < -0.3 is 5.32 Å². The van der Waals surface area contributed by atoms with Crippen LogP contribution in [0.3, 0.4) is 0 Å². The van der Waals surface area contributed by atoms with E-state index in [0.29, 0.717) is 4.90 Å². The summed E-state index contributed by atoms with van der Waals surface area (Å²) in [7, 11) is -1.21. The van der Waals surface area contributed by atoms with E-state index in [4.69, 9.17) is 0 Å². The fourth-order valence-corrected chi connectivity index (χ4v) is 3.40. The SMILES string of the molecule is CNCc1ccccc1Sc1ccc(S(C)(=O)=O)cc1. The monoisotopic (exact) mass is 307 g/mol. The van der Waals surface area contributed by atoms with Crippen molar-refractivity contribution in [3.8, 4) is 0 Å². The Balaban J connectivity index is 2.22. The molecule has 0 bridgehead atoms. The van der Waals surface area contributed by atoms with Gasteiger partial charge in [-0.05, 0) is 42.9 Å². The number of hydrogen-bond donors (Lipinski definition) is 1. The number of rotatable bonds is 5. The molecule has 0 amide bonds. The minimum Gasteiger partial charge on any atom is -0.316 e. The van der Waals surface area contributed by atoms with E-state index >= 15 is 0 Å². The molecule has 2 aromatic carbocycles. The zero-order chi connectivity index (χ0) is 14.6. The number of sulfone groups is 1. The standard InChI is InChI=1S/C15H17NO2S2/c1-16-11-12-5-3-4-6-15(12)19-13-7-9-14(10-8-13)20(2,17)18/h3-10,16H,11H2,1-2H3. The first-order valence-corrected chi connectivity index (χ1v) is 8.92. The molecule has 0 atom stereocenters. The summed E-state index contributed by atoms with van der Waals surface area (Å²) in [5.74, 6) is 0. The minimum absolute atomic E-state index is 0.352. The minimum atomic E-state index is -3.13. The van der Waals surface area contributed by atoms with Gasteiger partial charge in [-0.1, -0.05) is 30.0 Å². The van der Waals surface area contributed by atoms with Gasteiger partial charge in [0.05, 0.1) is 4.90 Å². The molecule has 106 valence electrons. The van der Waals surface area contributed by atoms with Crippen molar-refractivity contribution >= 4 is 21.6 Å². The largest absolute Gasteiger partial charge is 0.316 e. The van der Waals surface area contributed by atoms with Gasteiger partial charge >= 0.3 is 0 Å². The van der Waals surface area contributed by atoms with E-state index in [2.05, 4.69) is 17.4 Å². The number of benzene rings is 2. The van der Waals surface area contributed by atoms with Gasteiger partial charge in [0.2, 0.25) is 0 Å². The maximum Gasteiger partial charge on any atom is 0.175 e. The third-order valence-electron chi connectivity index (χ3n) is 2.82. The van der Waals surface area contributed by atoms with Crippen molar-refractivity contribution < 1.29 is 8.42 Å². The molecule has 0 aliphatic heterocycles. The van der Waals surface area contributed by atoms with Crippen molar-refractivity contribution in [2.24, 2.45) is 0 Å². The molecule has 0 aliphatic rings. The molecule has 0 saturated carbocycles. The summed E-state index contributed by atoms with van der Waals surface area (Å²) < 4.78 is 22.9. The molecular formula is C15H17NO2S2. The van der Waals surface area contributed by atoms with Crippen LogP contribution in [0.2, 0.25) is 0 Å². The molecule has 0 aromatic heterocycles. The quantitative estimate of drug-likeness (QED) is 0.922. The van der Waals surface area contributed by atoms with Crippen molar-refractivity contribution in [1.82, 2.24) is 5.32 Å². The van der Waals surface area contributed by atoms with E-state index in [0.717, 1.165) is 11.4 Å². The van der Waals surface area contributed by atoms with Gasteiger partial charge in [0, 0.05) is 22.6 Å². The molecule has 1 N–H and O–H groups in total. The number of hydrogen-bond acceptors (Lipinski definition) is 4. The first-order valence-electron chi connectivity index (χ1n) is 6.21. The molecule has 2 aromatic rings. The van der Waals surface area contributed by atoms with Crippen LogP contribution >= 0.6 is 11.8 Å². The van der Waals surface area contributed by atoms with Crippen molar-refractivity contribution in [2.75, 3.05) is 13.3 Å². The average Bonchev–Trinajstić information content (AvgIpc) is 2.41. The molecule has 3 nitrogen and oxygen atoms in total. The van der Waals surface area contributed by atoms with Crippen LogP contribution in [0, 0.1) is 0 Å². The molecule has 0 radical (unpaired) electrons. The predicted octanol–water partition coefficient (Wildman–Crippen LogP) is 2.96. The van der Waals surface area contributed by atoms with E-state index < -0.39 is 9.84 Å². The Morgan fingerprint density at radius 3 is 2.30 bits per heavy atom. The van der Waals surface area contributed by atoms with E-state index in [1.54, 1.807) is 23.9 Å². The van der Waals surface area contributed by atoms with Gasteiger partial charge in [0.1, 0.15) is 0 Å². The fraction of sp³-hybridized carbons (Fsp3) is 0.200. The first kappa shape index (κ1) is 15.1. The molecule has 0 saturated heterocycles. The first-order chi connectivity index (χ1) is 9.50. The van der Waals surface area contributed by atoms with Crippen LogP contribution in [-0.4, -0.2) is 21.7 Å². The molecular weight excluding hydrogens is 290 g/mol. The van der Waals surface area contributed by atoms with Crippen LogP contribution in [0.15, 0.2) is 63.2 Å². The summed E-state index contributed by atoms with van der Waals surface area (Å²) in [5, 5.41) is 3.15. The van der Waals surface area contributed by atoms with Crippen molar-refractivity contribution in [2.45, 2.75) is 21.2 Å². The number of nitrogens with one attached hydrogen (secondary N) is 1. The highest BCUT2D eigenvalue weighted by Crippen LogP contribution is 2.31.